The first-order valence-corrected chi connectivity index (χ1v) is 7.62. The van der Waals surface area contributed by atoms with Crippen LogP contribution in [0.5, 0.6) is 0 Å². The van der Waals surface area contributed by atoms with Gasteiger partial charge in [0.15, 0.2) is 0 Å². The number of carbonyl (C=O) groups is 1. The minimum absolute atomic E-state index is 0.0472. The van der Waals surface area contributed by atoms with E-state index >= 15 is 0 Å². The van der Waals surface area contributed by atoms with Gasteiger partial charge in [0.1, 0.15) is 5.69 Å². The standard InChI is InChI=1S/C13H23N3OS/c1-9(2)16-8-11(14)7-12(16)13(17)15-10(3)5-6-18-4/h7-10H,5-6,14H2,1-4H3,(H,15,17). The molecule has 1 rings (SSSR count). The van der Waals surface area contributed by atoms with Gasteiger partial charge in [-0.1, -0.05) is 0 Å². The van der Waals surface area contributed by atoms with Gasteiger partial charge in [-0.3, -0.25) is 4.79 Å². The Morgan fingerprint density at radius 1 is 1.50 bits per heavy atom. The first kappa shape index (κ1) is 15.0. The van der Waals surface area contributed by atoms with Gasteiger partial charge in [0.25, 0.3) is 5.91 Å². The molecular weight excluding hydrogens is 246 g/mol. The zero-order valence-electron chi connectivity index (χ0n) is 11.6. The number of hydrogen-bond donors (Lipinski definition) is 2. The van der Waals surface area contributed by atoms with Crippen LogP contribution >= 0.6 is 11.8 Å². The number of nitrogen functional groups attached to an aromatic ring is 1. The van der Waals surface area contributed by atoms with Crippen molar-refractivity contribution in [3.63, 3.8) is 0 Å². The Morgan fingerprint density at radius 2 is 2.17 bits per heavy atom. The number of nitrogens with two attached hydrogens (primary N) is 1. The molecule has 0 saturated heterocycles. The van der Waals surface area contributed by atoms with E-state index in [4.69, 9.17) is 5.73 Å². The number of anilines is 1. The number of amides is 1. The molecule has 0 aliphatic carbocycles. The number of aromatic nitrogens is 1. The minimum atomic E-state index is -0.0472. The van der Waals surface area contributed by atoms with Crippen molar-refractivity contribution < 1.29 is 4.79 Å². The molecule has 18 heavy (non-hydrogen) atoms. The topological polar surface area (TPSA) is 60.1 Å². The number of hydrogen-bond acceptors (Lipinski definition) is 3. The Morgan fingerprint density at radius 3 is 2.72 bits per heavy atom. The molecule has 1 unspecified atom stereocenters. The fourth-order valence-corrected chi connectivity index (χ4v) is 2.36. The van der Waals surface area contributed by atoms with Gasteiger partial charge < -0.3 is 15.6 Å². The lowest BCUT2D eigenvalue weighted by Crippen LogP contribution is -2.34. The van der Waals surface area contributed by atoms with Crippen LogP contribution in [-0.2, 0) is 0 Å². The molecule has 0 radical (unpaired) electrons. The molecular formula is C13H23N3OS. The van der Waals surface area contributed by atoms with Crippen LogP contribution in [0.3, 0.4) is 0 Å². The molecule has 1 amide bonds. The second-order valence-corrected chi connectivity index (χ2v) is 5.80. The number of rotatable bonds is 6. The predicted octanol–water partition coefficient (Wildman–Crippen LogP) is 2.52. The van der Waals surface area contributed by atoms with Crippen molar-refractivity contribution in [3.05, 3.63) is 18.0 Å². The third-order valence-corrected chi connectivity index (χ3v) is 3.44. The molecule has 1 atom stereocenters. The maximum atomic E-state index is 12.2. The number of thioether (sulfide) groups is 1. The normalized spacial score (nSPS) is 12.7. The van der Waals surface area contributed by atoms with E-state index in [9.17, 15) is 4.79 Å². The highest BCUT2D eigenvalue weighted by atomic mass is 32.2. The summed E-state index contributed by atoms with van der Waals surface area (Å²) >= 11 is 1.79. The number of nitrogens with one attached hydrogen (secondary N) is 1. The average Bonchev–Trinajstić information content (AvgIpc) is 2.69. The molecule has 5 heteroatoms. The average molecular weight is 269 g/mol. The molecule has 0 aliphatic rings. The van der Waals surface area contributed by atoms with Crippen molar-refractivity contribution in [2.24, 2.45) is 0 Å². The molecule has 0 aromatic carbocycles. The van der Waals surface area contributed by atoms with Gasteiger partial charge in [0.2, 0.25) is 0 Å². The van der Waals surface area contributed by atoms with E-state index in [0.717, 1.165) is 12.2 Å². The van der Waals surface area contributed by atoms with E-state index < -0.39 is 0 Å². The van der Waals surface area contributed by atoms with Crippen molar-refractivity contribution >= 4 is 23.4 Å². The summed E-state index contributed by atoms with van der Waals surface area (Å²) in [5, 5.41) is 3.01. The molecule has 0 saturated carbocycles. The van der Waals surface area contributed by atoms with Gasteiger partial charge in [-0.25, -0.2) is 0 Å². The highest BCUT2D eigenvalue weighted by Gasteiger charge is 2.16. The summed E-state index contributed by atoms with van der Waals surface area (Å²) in [6.45, 7) is 6.10. The monoisotopic (exact) mass is 269 g/mol. The summed E-state index contributed by atoms with van der Waals surface area (Å²) in [5.41, 5.74) is 7.03. The van der Waals surface area contributed by atoms with Crippen molar-refractivity contribution in [2.75, 3.05) is 17.7 Å². The van der Waals surface area contributed by atoms with Crippen LogP contribution < -0.4 is 11.1 Å². The molecule has 102 valence electrons. The van der Waals surface area contributed by atoms with Gasteiger partial charge in [0.05, 0.1) is 5.69 Å². The van der Waals surface area contributed by atoms with Crippen molar-refractivity contribution in [1.29, 1.82) is 0 Å². The molecule has 0 spiro atoms. The van der Waals surface area contributed by atoms with Crippen LogP contribution in [0.2, 0.25) is 0 Å². The minimum Gasteiger partial charge on any atom is -0.397 e. The predicted molar refractivity (Wildman–Crippen MR) is 79.2 cm³/mol. The molecule has 3 N–H and O–H groups in total. The summed E-state index contributed by atoms with van der Waals surface area (Å²) in [6, 6.07) is 2.14. The Hall–Kier alpha value is -1.10. The highest BCUT2D eigenvalue weighted by Crippen LogP contribution is 2.16. The molecule has 1 heterocycles. The third kappa shape index (κ3) is 3.98. The summed E-state index contributed by atoms with van der Waals surface area (Å²) in [7, 11) is 0. The molecule has 0 aliphatic heterocycles. The fraction of sp³-hybridized carbons (Fsp3) is 0.615. The smallest absolute Gasteiger partial charge is 0.268 e. The van der Waals surface area contributed by atoms with Crippen LogP contribution in [0.15, 0.2) is 12.3 Å². The highest BCUT2D eigenvalue weighted by molar-refractivity contribution is 7.98. The summed E-state index contributed by atoms with van der Waals surface area (Å²) in [5.74, 6) is 1.00. The zero-order chi connectivity index (χ0) is 13.7. The summed E-state index contributed by atoms with van der Waals surface area (Å²) in [6.07, 6.45) is 4.86. The molecule has 0 fully saturated rings. The van der Waals surface area contributed by atoms with Crippen LogP contribution in [0, 0.1) is 0 Å². The summed E-state index contributed by atoms with van der Waals surface area (Å²) in [4.78, 5) is 12.2. The third-order valence-electron chi connectivity index (χ3n) is 2.79. The van der Waals surface area contributed by atoms with Gasteiger partial charge in [-0.2, -0.15) is 11.8 Å². The lowest BCUT2D eigenvalue weighted by atomic mass is 10.2. The second kappa shape index (κ2) is 6.73. The van der Waals surface area contributed by atoms with Crippen molar-refractivity contribution in [3.8, 4) is 0 Å². The van der Waals surface area contributed by atoms with Crippen molar-refractivity contribution in [2.45, 2.75) is 39.3 Å². The van der Waals surface area contributed by atoms with E-state index in [0.29, 0.717) is 11.4 Å². The van der Waals surface area contributed by atoms with Crippen molar-refractivity contribution in [1.82, 2.24) is 9.88 Å². The number of nitrogens with zero attached hydrogens (tertiary/aromatic N) is 1. The van der Waals surface area contributed by atoms with E-state index in [1.807, 2.05) is 31.5 Å². The maximum absolute atomic E-state index is 12.2. The Bertz CT molecular complexity index is 401. The SMILES string of the molecule is CSCCC(C)NC(=O)c1cc(N)cn1C(C)C. The van der Waals surface area contributed by atoms with E-state index in [1.165, 1.54) is 0 Å². The first-order chi connectivity index (χ1) is 8.45. The molecule has 1 aromatic rings. The zero-order valence-corrected chi connectivity index (χ0v) is 12.4. The van der Waals surface area contributed by atoms with Gasteiger partial charge in [-0.15, -0.1) is 0 Å². The molecule has 0 bridgehead atoms. The van der Waals surface area contributed by atoms with Crippen LogP contribution in [0.4, 0.5) is 5.69 Å². The van der Waals surface area contributed by atoms with Gasteiger partial charge >= 0.3 is 0 Å². The van der Waals surface area contributed by atoms with E-state index in [-0.39, 0.29) is 18.0 Å². The van der Waals surface area contributed by atoms with Gasteiger partial charge in [-0.05, 0) is 45.3 Å². The fourth-order valence-electron chi connectivity index (χ4n) is 1.77. The summed E-state index contributed by atoms with van der Waals surface area (Å²) < 4.78 is 1.91. The Labute approximate surface area is 113 Å². The lowest BCUT2D eigenvalue weighted by Gasteiger charge is -2.16. The van der Waals surface area contributed by atoms with E-state index in [1.54, 1.807) is 17.8 Å². The lowest BCUT2D eigenvalue weighted by molar-refractivity contribution is 0.0928. The Kier molecular flexibility index (Phi) is 5.59. The second-order valence-electron chi connectivity index (χ2n) is 4.82. The molecule has 1 aromatic heterocycles. The quantitative estimate of drug-likeness (QED) is 0.834. The first-order valence-electron chi connectivity index (χ1n) is 6.22. The van der Waals surface area contributed by atoms with Crippen LogP contribution in [0.1, 0.15) is 43.7 Å². The maximum Gasteiger partial charge on any atom is 0.268 e. The van der Waals surface area contributed by atoms with Crippen LogP contribution in [0.25, 0.3) is 0 Å². The Balaban J connectivity index is 2.72. The number of carbonyl (C=O) groups excluding carboxylic acids is 1. The largest absolute Gasteiger partial charge is 0.397 e. The van der Waals surface area contributed by atoms with E-state index in [2.05, 4.69) is 11.6 Å². The van der Waals surface area contributed by atoms with Crippen LogP contribution in [-0.4, -0.2) is 28.5 Å². The molecule has 4 nitrogen and oxygen atoms in total. The van der Waals surface area contributed by atoms with Gasteiger partial charge in [0, 0.05) is 18.3 Å².